The third-order valence-corrected chi connectivity index (χ3v) is 6.84. The molecule has 3 aromatic rings. The molecule has 4 rings (SSSR count). The molecule has 7 nitrogen and oxygen atoms in total. The minimum Gasteiger partial charge on any atom is -0.481 e. The van der Waals surface area contributed by atoms with Crippen LogP contribution in [0.5, 0.6) is 0 Å². The van der Waals surface area contributed by atoms with Gasteiger partial charge in [0.05, 0.1) is 53.3 Å². The van der Waals surface area contributed by atoms with Crippen LogP contribution in [-0.4, -0.2) is 51.4 Å². The quantitative estimate of drug-likeness (QED) is 0.355. The number of carboxylic acids is 1. The summed E-state index contributed by atoms with van der Waals surface area (Å²) < 4.78 is 8.22. The number of benzene rings is 1. The molecule has 1 N–H and O–H groups in total. The van der Waals surface area contributed by atoms with Gasteiger partial charge in [-0.2, -0.15) is 0 Å². The second-order valence-electron chi connectivity index (χ2n) is 7.06. The van der Waals surface area contributed by atoms with Crippen molar-refractivity contribution in [2.45, 2.75) is 25.3 Å². The summed E-state index contributed by atoms with van der Waals surface area (Å²) in [6.07, 6.45) is 7.25. The molecule has 158 valence electrons. The molecule has 1 saturated heterocycles. The largest absolute Gasteiger partial charge is 0.481 e. The average Bonchev–Trinajstić information content (AvgIpc) is 3.41. The van der Waals surface area contributed by atoms with Crippen molar-refractivity contribution < 1.29 is 14.6 Å². The molecule has 0 spiro atoms. The van der Waals surface area contributed by atoms with E-state index in [9.17, 15) is 4.79 Å². The van der Waals surface area contributed by atoms with Crippen molar-refractivity contribution in [1.29, 1.82) is 0 Å². The fourth-order valence-electron chi connectivity index (χ4n) is 3.69. The van der Waals surface area contributed by atoms with Gasteiger partial charge in [0, 0.05) is 34.9 Å². The van der Waals surface area contributed by atoms with Gasteiger partial charge in [0.2, 0.25) is 0 Å². The van der Waals surface area contributed by atoms with Gasteiger partial charge in [0.1, 0.15) is 5.82 Å². The van der Waals surface area contributed by atoms with Gasteiger partial charge in [-0.1, -0.05) is 23.2 Å². The van der Waals surface area contributed by atoms with E-state index in [2.05, 4.69) is 25.8 Å². The Morgan fingerprint density at radius 2 is 2.17 bits per heavy atom. The predicted octanol–water partition coefficient (Wildman–Crippen LogP) is 4.95. The molecule has 0 amide bonds. The van der Waals surface area contributed by atoms with Gasteiger partial charge in [0.25, 0.3) is 0 Å². The summed E-state index contributed by atoms with van der Waals surface area (Å²) in [6.45, 7) is 1.47. The Morgan fingerprint density at radius 3 is 2.90 bits per heavy atom. The van der Waals surface area contributed by atoms with Gasteiger partial charge in [-0.25, -0.2) is 9.97 Å². The number of pyridine rings is 1. The maximum absolute atomic E-state index is 10.7. The van der Waals surface area contributed by atoms with Crippen molar-refractivity contribution in [3.63, 3.8) is 0 Å². The second kappa shape index (κ2) is 9.09. The number of carbonyl (C=O) groups is 1. The highest BCUT2D eigenvalue weighted by Crippen LogP contribution is 2.40. The molecule has 0 bridgehead atoms. The summed E-state index contributed by atoms with van der Waals surface area (Å²) in [5, 5.41) is 10.4. The lowest BCUT2D eigenvalue weighted by molar-refractivity contribution is -0.138. The van der Waals surface area contributed by atoms with Crippen molar-refractivity contribution in [2.24, 2.45) is 0 Å². The monoisotopic (exact) mass is 512 g/mol. The number of hydrogen-bond donors (Lipinski definition) is 1. The number of nitrogens with zero attached hydrogens (tertiary/aromatic N) is 4. The minimum atomic E-state index is -0.864. The van der Waals surface area contributed by atoms with E-state index in [1.165, 1.54) is 0 Å². The molecule has 0 radical (unpaired) electrons. The first-order chi connectivity index (χ1) is 14.5. The van der Waals surface area contributed by atoms with Crippen LogP contribution in [0.1, 0.15) is 19.3 Å². The summed E-state index contributed by atoms with van der Waals surface area (Å²) in [4.78, 5) is 21.9. The summed E-state index contributed by atoms with van der Waals surface area (Å²) in [5.74, 6) is -0.0899. The molecule has 30 heavy (non-hydrogen) atoms. The zero-order valence-corrected chi connectivity index (χ0v) is 19.0. The number of anilines is 1. The molecule has 3 heterocycles. The number of hydrogen-bond acceptors (Lipinski definition) is 5. The Hall–Kier alpha value is -1.87. The molecule has 2 aromatic heterocycles. The van der Waals surface area contributed by atoms with E-state index >= 15 is 0 Å². The van der Waals surface area contributed by atoms with Crippen molar-refractivity contribution in [3.05, 3.63) is 45.4 Å². The maximum atomic E-state index is 10.7. The van der Waals surface area contributed by atoms with Gasteiger partial charge in [-0.05, 0) is 34.8 Å². The van der Waals surface area contributed by atoms with E-state index in [4.69, 9.17) is 38.0 Å². The van der Waals surface area contributed by atoms with E-state index in [-0.39, 0.29) is 19.1 Å². The van der Waals surface area contributed by atoms with Crippen LogP contribution in [0, 0.1) is 0 Å². The zero-order chi connectivity index (χ0) is 21.3. The molecule has 10 heteroatoms. The van der Waals surface area contributed by atoms with E-state index in [1.54, 1.807) is 12.5 Å². The number of fused-ring (bicyclic) bond motifs is 1. The van der Waals surface area contributed by atoms with Crippen molar-refractivity contribution in [2.75, 3.05) is 24.7 Å². The number of aliphatic carboxylic acids is 1. The fourth-order valence-corrected chi connectivity index (χ4v) is 4.62. The summed E-state index contributed by atoms with van der Waals surface area (Å²) in [5.41, 5.74) is 1.51. The fraction of sp³-hybridized carbons (Fsp3) is 0.350. The lowest BCUT2D eigenvalue weighted by Crippen LogP contribution is -2.34. The number of ether oxygens (including phenoxy) is 1. The van der Waals surface area contributed by atoms with Crippen LogP contribution >= 0.6 is 39.1 Å². The van der Waals surface area contributed by atoms with Crippen LogP contribution in [0.4, 0.5) is 5.82 Å². The molecule has 1 atom stereocenters. The third-order valence-electron chi connectivity index (χ3n) is 5.13. The van der Waals surface area contributed by atoms with Crippen molar-refractivity contribution >= 4 is 61.8 Å². The van der Waals surface area contributed by atoms with E-state index in [1.807, 2.05) is 22.9 Å². The Bertz CT molecular complexity index is 1080. The normalized spacial score (nSPS) is 16.5. The number of imidazole rings is 1. The average molecular weight is 514 g/mol. The Balaban J connectivity index is 1.73. The summed E-state index contributed by atoms with van der Waals surface area (Å²) >= 11 is 16.4. The van der Waals surface area contributed by atoms with Crippen LogP contribution in [0.3, 0.4) is 0 Å². The van der Waals surface area contributed by atoms with Gasteiger partial charge >= 0.3 is 5.97 Å². The second-order valence-corrected chi connectivity index (χ2v) is 8.67. The Morgan fingerprint density at radius 1 is 1.33 bits per heavy atom. The maximum Gasteiger partial charge on any atom is 0.305 e. The van der Waals surface area contributed by atoms with Gasteiger partial charge < -0.3 is 19.3 Å². The smallest absolute Gasteiger partial charge is 0.305 e. The van der Waals surface area contributed by atoms with E-state index in [0.29, 0.717) is 26.6 Å². The Kier molecular flexibility index (Phi) is 6.48. The number of aromatic nitrogens is 3. The van der Waals surface area contributed by atoms with Gasteiger partial charge in [0.15, 0.2) is 0 Å². The lowest BCUT2D eigenvalue weighted by Gasteiger charge is -2.27. The highest BCUT2D eigenvalue weighted by Gasteiger charge is 2.27. The zero-order valence-electron chi connectivity index (χ0n) is 15.9. The molecule has 0 unspecified atom stereocenters. The molecular weight excluding hydrogens is 495 g/mol. The van der Waals surface area contributed by atoms with E-state index < -0.39 is 5.97 Å². The number of rotatable bonds is 7. The first-order valence-electron chi connectivity index (χ1n) is 9.48. The van der Waals surface area contributed by atoms with Crippen LogP contribution in [0.2, 0.25) is 10.0 Å². The Labute approximate surface area is 191 Å². The van der Waals surface area contributed by atoms with Crippen LogP contribution in [0.15, 0.2) is 35.3 Å². The highest BCUT2D eigenvalue weighted by molar-refractivity contribution is 9.10. The molecular formula is C20H19BrCl2N4O3. The van der Waals surface area contributed by atoms with Crippen LogP contribution < -0.4 is 4.90 Å². The standard InChI is InChI=1S/C20H19BrCl2N4O3/c21-14-8-13-15(26-6-4-24-11-26)9-16(25-20(13)19(23)18(14)22)27-5-1-2-12(27)10-30-7-3-17(28)29/h4,6,8-9,11-12H,1-3,5,7,10H2,(H,28,29)/t12-/m0/s1. The molecule has 1 aliphatic rings. The lowest BCUT2D eigenvalue weighted by atomic mass is 10.1. The van der Waals surface area contributed by atoms with Crippen molar-refractivity contribution in [1.82, 2.24) is 14.5 Å². The number of halogens is 3. The molecule has 1 aliphatic heterocycles. The topological polar surface area (TPSA) is 80.5 Å². The van der Waals surface area contributed by atoms with Crippen LogP contribution in [0.25, 0.3) is 16.6 Å². The summed E-state index contributed by atoms with van der Waals surface area (Å²) in [6, 6.07) is 4.03. The van der Waals surface area contributed by atoms with Crippen molar-refractivity contribution in [3.8, 4) is 5.69 Å². The van der Waals surface area contributed by atoms with Gasteiger partial charge in [-0.15, -0.1) is 0 Å². The third kappa shape index (κ3) is 4.27. The summed E-state index contributed by atoms with van der Waals surface area (Å²) in [7, 11) is 0. The first-order valence-corrected chi connectivity index (χ1v) is 11.0. The molecule has 1 fully saturated rings. The van der Waals surface area contributed by atoms with Gasteiger partial charge in [-0.3, -0.25) is 4.79 Å². The first kappa shape index (κ1) is 21.4. The predicted molar refractivity (Wildman–Crippen MR) is 120 cm³/mol. The molecule has 0 aliphatic carbocycles. The molecule has 0 saturated carbocycles. The van der Waals surface area contributed by atoms with E-state index in [0.717, 1.165) is 36.3 Å². The minimum absolute atomic E-state index is 0.00525. The highest BCUT2D eigenvalue weighted by atomic mass is 79.9. The van der Waals surface area contributed by atoms with Crippen LogP contribution in [-0.2, 0) is 9.53 Å². The SMILES string of the molecule is O=C(O)CCOC[C@@H]1CCCN1c1cc(-n2ccnc2)c2cc(Br)c(Cl)c(Cl)c2n1. The molecule has 1 aromatic carbocycles. The number of carboxylic acid groups (broad SMARTS) is 1.